The van der Waals surface area contributed by atoms with Gasteiger partial charge in [-0.05, 0) is 13.8 Å². The second-order valence-corrected chi connectivity index (χ2v) is 4.02. The topological polar surface area (TPSA) is 76.7 Å². The summed E-state index contributed by atoms with van der Waals surface area (Å²) in [6.45, 7) is 5.98. The van der Waals surface area contributed by atoms with Crippen molar-refractivity contribution in [3.05, 3.63) is 16.6 Å². The number of aromatic nitrogens is 3. The van der Waals surface area contributed by atoms with Crippen LogP contribution < -0.4 is 16.8 Å². The van der Waals surface area contributed by atoms with E-state index in [1.54, 1.807) is 0 Å². The van der Waals surface area contributed by atoms with E-state index in [0.717, 1.165) is 5.46 Å². The Hall–Kier alpha value is -1.72. The van der Waals surface area contributed by atoms with Gasteiger partial charge >= 0.3 is 0 Å². The molecule has 2 heterocycles. The second kappa shape index (κ2) is 3.70. The largest absolute Gasteiger partial charge is 0.369 e. The molecule has 0 amide bonds. The molecular weight excluding hydrogens is 203 g/mol. The molecule has 0 saturated carbocycles. The van der Waals surface area contributed by atoms with Gasteiger partial charge in [-0.15, -0.1) is 0 Å². The van der Waals surface area contributed by atoms with E-state index in [-0.39, 0.29) is 17.5 Å². The van der Waals surface area contributed by atoms with Crippen LogP contribution in [0, 0.1) is 0 Å². The smallest absolute Gasteiger partial charge is 0.261 e. The number of nitrogens with two attached hydrogens (primary N) is 1. The van der Waals surface area contributed by atoms with Crippen LogP contribution in [0.3, 0.4) is 0 Å². The molecular formula is C10H14BN4O. The van der Waals surface area contributed by atoms with Crippen molar-refractivity contribution in [3.8, 4) is 0 Å². The van der Waals surface area contributed by atoms with Crippen LogP contribution in [0.15, 0.2) is 11.0 Å². The number of hydrogen-bond acceptors (Lipinski definition) is 3. The molecule has 0 aliphatic heterocycles. The van der Waals surface area contributed by atoms with E-state index in [9.17, 15) is 4.79 Å². The summed E-state index contributed by atoms with van der Waals surface area (Å²) in [4.78, 5) is 18.5. The quantitative estimate of drug-likeness (QED) is 0.708. The summed E-state index contributed by atoms with van der Waals surface area (Å²) in [5.74, 6) is 0.153. The normalized spacial score (nSPS) is 11.2. The number of anilines is 1. The Balaban J connectivity index is 2.90. The lowest BCUT2D eigenvalue weighted by molar-refractivity contribution is 0.618. The zero-order valence-corrected chi connectivity index (χ0v) is 9.61. The van der Waals surface area contributed by atoms with Crippen molar-refractivity contribution in [1.29, 1.82) is 0 Å². The lowest BCUT2D eigenvalue weighted by Gasteiger charge is -2.07. The molecule has 3 N–H and O–H groups in total. The summed E-state index contributed by atoms with van der Waals surface area (Å²) in [5.41, 5.74) is 6.90. The molecule has 2 aromatic rings. The monoisotopic (exact) mass is 217 g/mol. The van der Waals surface area contributed by atoms with Gasteiger partial charge in [0.1, 0.15) is 5.65 Å². The average Bonchev–Trinajstić information content (AvgIpc) is 2.56. The van der Waals surface area contributed by atoms with Gasteiger partial charge in [0.15, 0.2) is 7.28 Å². The minimum Gasteiger partial charge on any atom is -0.369 e. The van der Waals surface area contributed by atoms with E-state index in [1.165, 1.54) is 0 Å². The van der Waals surface area contributed by atoms with Gasteiger partial charge < -0.3 is 10.3 Å². The molecule has 5 nitrogen and oxygen atoms in total. The summed E-state index contributed by atoms with van der Waals surface area (Å²) in [7, 11) is 1.90. The van der Waals surface area contributed by atoms with Crippen LogP contribution in [0.5, 0.6) is 0 Å². The predicted molar refractivity (Wildman–Crippen MR) is 66.4 cm³/mol. The van der Waals surface area contributed by atoms with Crippen LogP contribution >= 0.6 is 0 Å². The first-order chi connectivity index (χ1) is 7.54. The fourth-order valence-electron chi connectivity index (χ4n) is 1.81. The van der Waals surface area contributed by atoms with Crippen LogP contribution in [0.2, 0.25) is 6.82 Å². The third kappa shape index (κ3) is 1.50. The van der Waals surface area contributed by atoms with Gasteiger partial charge in [0, 0.05) is 12.2 Å². The molecule has 0 unspecified atom stereocenters. The molecule has 2 aromatic heterocycles. The number of nitrogens with one attached hydrogen (secondary N) is 1. The summed E-state index contributed by atoms with van der Waals surface area (Å²) in [6, 6.07) is 0.241. The minimum absolute atomic E-state index is 0.153. The molecule has 1 radical (unpaired) electrons. The maximum atomic E-state index is 11.8. The van der Waals surface area contributed by atoms with E-state index in [4.69, 9.17) is 5.73 Å². The molecule has 0 aromatic carbocycles. The highest BCUT2D eigenvalue weighted by molar-refractivity contribution is 6.55. The molecule has 0 bridgehead atoms. The van der Waals surface area contributed by atoms with E-state index in [2.05, 4.69) is 9.97 Å². The van der Waals surface area contributed by atoms with Gasteiger partial charge in [0.25, 0.3) is 5.56 Å². The van der Waals surface area contributed by atoms with Crippen LogP contribution in [0.25, 0.3) is 11.0 Å². The summed E-state index contributed by atoms with van der Waals surface area (Å²) in [6.07, 6.45) is 1.93. The maximum Gasteiger partial charge on any atom is 0.261 e. The second-order valence-electron chi connectivity index (χ2n) is 4.02. The third-order valence-electron chi connectivity index (χ3n) is 2.60. The van der Waals surface area contributed by atoms with Gasteiger partial charge in [0.05, 0.1) is 5.39 Å². The molecule has 6 heteroatoms. The van der Waals surface area contributed by atoms with Crippen molar-refractivity contribution >= 4 is 29.7 Å². The van der Waals surface area contributed by atoms with Gasteiger partial charge in [-0.2, -0.15) is 4.98 Å². The van der Waals surface area contributed by atoms with Crippen molar-refractivity contribution in [2.45, 2.75) is 26.7 Å². The van der Waals surface area contributed by atoms with Crippen LogP contribution in [0.1, 0.15) is 19.9 Å². The number of nitrogens with zero attached hydrogens (tertiary/aromatic N) is 2. The molecule has 0 saturated heterocycles. The maximum absolute atomic E-state index is 11.8. The highest BCUT2D eigenvalue weighted by atomic mass is 16.1. The first-order valence-corrected chi connectivity index (χ1v) is 5.24. The van der Waals surface area contributed by atoms with Gasteiger partial charge in [-0.3, -0.25) is 9.78 Å². The number of rotatable bonds is 2. The highest BCUT2D eigenvalue weighted by Crippen LogP contribution is 2.13. The van der Waals surface area contributed by atoms with Crippen LogP contribution in [0.4, 0.5) is 5.95 Å². The Morgan fingerprint density at radius 3 is 2.81 bits per heavy atom. The lowest BCUT2D eigenvalue weighted by atomic mass is 9.74. The minimum atomic E-state index is -0.185. The number of nitrogen functional groups attached to an aromatic ring is 1. The molecule has 0 atom stereocenters. The fraction of sp³-hybridized carbons (Fsp3) is 0.400. The average molecular weight is 217 g/mol. The number of hydrogen-bond donors (Lipinski definition) is 2. The SMILES string of the molecule is C[B]c1cn(C(C)C)c2nc(N)[nH]c(=O)c12. The van der Waals surface area contributed by atoms with Gasteiger partial charge in [-0.25, -0.2) is 0 Å². The van der Waals surface area contributed by atoms with Gasteiger partial charge in [0.2, 0.25) is 5.95 Å². The highest BCUT2D eigenvalue weighted by Gasteiger charge is 2.14. The van der Waals surface area contributed by atoms with Crippen molar-refractivity contribution in [3.63, 3.8) is 0 Å². The first kappa shape index (κ1) is 10.8. The van der Waals surface area contributed by atoms with Crippen molar-refractivity contribution < 1.29 is 0 Å². The zero-order valence-electron chi connectivity index (χ0n) is 9.61. The Kier molecular flexibility index (Phi) is 2.49. The van der Waals surface area contributed by atoms with E-state index in [1.807, 2.05) is 38.7 Å². The number of aromatic amines is 1. The molecule has 16 heavy (non-hydrogen) atoms. The van der Waals surface area contributed by atoms with Crippen molar-refractivity contribution in [2.24, 2.45) is 0 Å². The third-order valence-corrected chi connectivity index (χ3v) is 2.60. The molecule has 2 rings (SSSR count). The summed E-state index contributed by atoms with van der Waals surface area (Å²) < 4.78 is 1.95. The summed E-state index contributed by atoms with van der Waals surface area (Å²) >= 11 is 0. The molecule has 0 aliphatic rings. The molecule has 0 aliphatic carbocycles. The summed E-state index contributed by atoms with van der Waals surface area (Å²) in [5, 5.41) is 0.602. The van der Waals surface area contributed by atoms with E-state index < -0.39 is 0 Å². The standard InChI is InChI=1S/C10H14BN4O/c1-5(2)15-4-6(11-3)7-8(15)13-10(12)14-9(7)16/h4-5H,1-3H3,(H3,12,13,14,16). The molecule has 0 fully saturated rings. The van der Waals surface area contributed by atoms with Crippen LogP contribution in [-0.2, 0) is 0 Å². The number of fused-ring (bicyclic) bond motifs is 1. The van der Waals surface area contributed by atoms with E-state index >= 15 is 0 Å². The molecule has 0 spiro atoms. The van der Waals surface area contributed by atoms with Crippen molar-refractivity contribution in [1.82, 2.24) is 14.5 Å². The Morgan fingerprint density at radius 2 is 2.25 bits per heavy atom. The predicted octanol–water partition coefficient (Wildman–Crippen LogP) is 0.265. The van der Waals surface area contributed by atoms with Crippen LogP contribution in [-0.4, -0.2) is 21.8 Å². The Labute approximate surface area is 93.9 Å². The van der Waals surface area contributed by atoms with Gasteiger partial charge in [-0.1, -0.05) is 12.3 Å². The lowest BCUT2D eigenvalue weighted by Crippen LogP contribution is -2.19. The first-order valence-electron chi connectivity index (χ1n) is 5.24. The zero-order chi connectivity index (χ0) is 11.9. The Bertz CT molecular complexity index is 584. The Morgan fingerprint density at radius 1 is 1.56 bits per heavy atom. The van der Waals surface area contributed by atoms with E-state index in [0.29, 0.717) is 11.0 Å². The molecule has 83 valence electrons. The number of H-pyrrole nitrogens is 1. The van der Waals surface area contributed by atoms with Crippen molar-refractivity contribution in [2.75, 3.05) is 5.73 Å². The fourth-order valence-corrected chi connectivity index (χ4v) is 1.81.